The number of nitrogens with one attached hydrogen (secondary N) is 1. The second-order valence-corrected chi connectivity index (χ2v) is 9.31. The smallest absolute Gasteiger partial charge is 0.255 e. The lowest BCUT2D eigenvalue weighted by Crippen LogP contribution is -2.43. The molecule has 4 aromatic rings. The average Bonchev–Trinajstić information content (AvgIpc) is 3.57. The summed E-state index contributed by atoms with van der Waals surface area (Å²) >= 11 is 1.73. The Bertz CT molecular complexity index is 1190. The highest BCUT2D eigenvalue weighted by molar-refractivity contribution is 7.10. The van der Waals surface area contributed by atoms with E-state index in [0.717, 1.165) is 37.4 Å². The largest absolute Gasteiger partial charge is 0.379 e. The van der Waals surface area contributed by atoms with Crippen LogP contribution in [0.25, 0.3) is 11.3 Å². The Morgan fingerprint density at radius 3 is 2.44 bits per heavy atom. The number of amides is 1. The molecule has 2 aromatic heterocycles. The van der Waals surface area contributed by atoms with Gasteiger partial charge in [-0.1, -0.05) is 66.7 Å². The van der Waals surface area contributed by atoms with E-state index in [1.165, 1.54) is 4.88 Å². The van der Waals surface area contributed by atoms with Gasteiger partial charge in [-0.3, -0.25) is 14.4 Å². The molecule has 174 valence electrons. The van der Waals surface area contributed by atoms with Gasteiger partial charge in [0.2, 0.25) is 0 Å². The van der Waals surface area contributed by atoms with Gasteiger partial charge in [0.25, 0.3) is 5.91 Å². The summed E-state index contributed by atoms with van der Waals surface area (Å²) in [6.07, 6.45) is 1.86. The first kappa shape index (κ1) is 22.5. The highest BCUT2D eigenvalue weighted by atomic mass is 32.1. The number of aromatic nitrogens is 2. The monoisotopic (exact) mass is 472 g/mol. The maximum absolute atomic E-state index is 13.5. The molecule has 1 N–H and O–H groups in total. The van der Waals surface area contributed by atoms with Crippen LogP contribution in [0.2, 0.25) is 0 Å². The molecule has 34 heavy (non-hydrogen) atoms. The van der Waals surface area contributed by atoms with E-state index < -0.39 is 0 Å². The van der Waals surface area contributed by atoms with Crippen LogP contribution >= 0.6 is 11.3 Å². The maximum atomic E-state index is 13.5. The van der Waals surface area contributed by atoms with Gasteiger partial charge in [0.1, 0.15) is 5.69 Å². The third-order valence-corrected chi connectivity index (χ3v) is 7.03. The van der Waals surface area contributed by atoms with Crippen molar-refractivity contribution in [3.05, 3.63) is 100 Å². The highest BCUT2D eigenvalue weighted by Crippen LogP contribution is 2.26. The molecule has 3 heterocycles. The molecule has 7 heteroatoms. The summed E-state index contributed by atoms with van der Waals surface area (Å²) in [5.41, 5.74) is 3.37. The lowest BCUT2D eigenvalue weighted by Gasteiger charge is -2.34. The van der Waals surface area contributed by atoms with Crippen LogP contribution in [0.4, 0.5) is 0 Å². The zero-order valence-electron chi connectivity index (χ0n) is 19.0. The lowest BCUT2D eigenvalue weighted by atomic mass is 10.1. The first-order valence-electron chi connectivity index (χ1n) is 11.6. The predicted octanol–water partition coefficient (Wildman–Crippen LogP) is 4.46. The molecule has 5 rings (SSSR count). The number of carbonyl (C=O) groups is 1. The third-order valence-electron chi connectivity index (χ3n) is 6.05. The number of thiophene rings is 1. The van der Waals surface area contributed by atoms with Crippen molar-refractivity contribution in [1.29, 1.82) is 0 Å². The van der Waals surface area contributed by atoms with E-state index in [4.69, 9.17) is 9.84 Å². The normalized spacial score (nSPS) is 15.2. The summed E-state index contributed by atoms with van der Waals surface area (Å²) in [5.74, 6) is -0.104. The summed E-state index contributed by atoms with van der Waals surface area (Å²) in [6.45, 7) is 4.32. The topological polar surface area (TPSA) is 59.4 Å². The van der Waals surface area contributed by atoms with Crippen LogP contribution in [0.15, 0.2) is 84.4 Å². The number of ether oxygens (including phenoxy) is 1. The Morgan fingerprint density at radius 2 is 1.74 bits per heavy atom. The second-order valence-electron chi connectivity index (χ2n) is 8.33. The summed E-state index contributed by atoms with van der Waals surface area (Å²) in [5, 5.41) is 10.1. The Morgan fingerprint density at radius 1 is 1.00 bits per heavy atom. The van der Waals surface area contributed by atoms with Crippen LogP contribution < -0.4 is 5.32 Å². The van der Waals surface area contributed by atoms with E-state index in [1.54, 1.807) is 11.3 Å². The minimum absolute atomic E-state index is 0.104. The predicted molar refractivity (Wildman–Crippen MR) is 135 cm³/mol. The lowest BCUT2D eigenvalue weighted by molar-refractivity contribution is 0.0169. The number of morpholine rings is 1. The van der Waals surface area contributed by atoms with Gasteiger partial charge in [-0.2, -0.15) is 5.10 Å². The van der Waals surface area contributed by atoms with Gasteiger partial charge in [-0.15, -0.1) is 11.3 Å². The molecule has 0 aliphatic carbocycles. The molecule has 6 nitrogen and oxygen atoms in total. The van der Waals surface area contributed by atoms with E-state index >= 15 is 0 Å². The van der Waals surface area contributed by atoms with Gasteiger partial charge >= 0.3 is 0 Å². The van der Waals surface area contributed by atoms with Crippen molar-refractivity contribution in [2.75, 3.05) is 32.8 Å². The molecule has 0 saturated carbocycles. The van der Waals surface area contributed by atoms with E-state index in [-0.39, 0.29) is 11.9 Å². The molecule has 0 unspecified atom stereocenters. The summed E-state index contributed by atoms with van der Waals surface area (Å²) in [4.78, 5) is 17.1. The van der Waals surface area contributed by atoms with Crippen LogP contribution in [0, 0.1) is 0 Å². The summed E-state index contributed by atoms with van der Waals surface area (Å²) in [7, 11) is 0. The number of hydrogen-bond acceptors (Lipinski definition) is 5. The van der Waals surface area contributed by atoms with E-state index in [0.29, 0.717) is 24.3 Å². The van der Waals surface area contributed by atoms with E-state index in [9.17, 15) is 4.79 Å². The van der Waals surface area contributed by atoms with E-state index in [2.05, 4.69) is 39.9 Å². The van der Waals surface area contributed by atoms with Crippen molar-refractivity contribution < 1.29 is 9.53 Å². The van der Waals surface area contributed by atoms with Crippen molar-refractivity contribution in [3.63, 3.8) is 0 Å². The number of hydrogen-bond donors (Lipinski definition) is 1. The quantitative estimate of drug-likeness (QED) is 0.411. The standard InChI is InChI=1S/C27H28N4O2S/c32-27(28-18-24(25-12-7-17-34-25)30-13-15-33-16-14-30)23-20-31(19-21-8-3-1-4-9-21)29-26(23)22-10-5-2-6-11-22/h1-12,17,20,24H,13-16,18-19H2,(H,28,32)/t24-/m0/s1. The van der Waals surface area contributed by atoms with E-state index in [1.807, 2.05) is 59.4 Å². The van der Waals surface area contributed by atoms with Gasteiger partial charge < -0.3 is 10.1 Å². The van der Waals surface area contributed by atoms with Crippen molar-refractivity contribution in [1.82, 2.24) is 20.0 Å². The number of nitrogens with zero attached hydrogens (tertiary/aromatic N) is 3. The first-order chi connectivity index (χ1) is 16.8. The SMILES string of the molecule is O=C(NC[C@@H](c1cccs1)N1CCOCC1)c1cn(Cc2ccccc2)nc1-c1ccccc1. The molecular formula is C27H28N4O2S. The van der Waals surface area contributed by atoms with Crippen LogP contribution in [0.1, 0.15) is 26.8 Å². The maximum Gasteiger partial charge on any atom is 0.255 e. The Hall–Kier alpha value is -3.26. The zero-order chi connectivity index (χ0) is 23.2. The van der Waals surface area contributed by atoms with Gasteiger partial charge in [-0.05, 0) is 17.0 Å². The van der Waals surface area contributed by atoms with Crippen molar-refractivity contribution in [3.8, 4) is 11.3 Å². The van der Waals surface area contributed by atoms with Gasteiger partial charge in [0.15, 0.2) is 0 Å². The van der Waals surface area contributed by atoms with Crippen molar-refractivity contribution in [2.45, 2.75) is 12.6 Å². The Balaban J connectivity index is 1.38. The summed E-state index contributed by atoms with van der Waals surface area (Å²) < 4.78 is 7.39. The number of benzene rings is 2. The summed E-state index contributed by atoms with van der Waals surface area (Å²) in [6, 6.07) is 24.4. The molecule has 2 aromatic carbocycles. The number of carbonyl (C=O) groups excluding carboxylic acids is 1. The molecule has 1 fully saturated rings. The van der Waals surface area contributed by atoms with Gasteiger partial charge in [-0.25, -0.2) is 0 Å². The molecule has 1 amide bonds. The second kappa shape index (κ2) is 10.8. The van der Waals surface area contributed by atoms with Crippen LogP contribution in [-0.2, 0) is 11.3 Å². The zero-order valence-corrected chi connectivity index (χ0v) is 19.8. The fraction of sp³-hybridized carbons (Fsp3) is 0.259. The van der Waals surface area contributed by atoms with Gasteiger partial charge in [0, 0.05) is 36.3 Å². The number of rotatable bonds is 8. The third kappa shape index (κ3) is 5.28. The van der Waals surface area contributed by atoms with Crippen LogP contribution in [-0.4, -0.2) is 53.4 Å². The molecule has 0 bridgehead atoms. The molecule has 1 aliphatic rings. The van der Waals surface area contributed by atoms with Crippen LogP contribution in [0.3, 0.4) is 0 Å². The fourth-order valence-corrected chi connectivity index (χ4v) is 5.17. The van der Waals surface area contributed by atoms with Gasteiger partial charge in [0.05, 0.1) is 31.4 Å². The fourth-order valence-electron chi connectivity index (χ4n) is 4.31. The van der Waals surface area contributed by atoms with Crippen molar-refractivity contribution in [2.24, 2.45) is 0 Å². The molecular weight excluding hydrogens is 444 g/mol. The van der Waals surface area contributed by atoms with Crippen LogP contribution in [0.5, 0.6) is 0 Å². The Kier molecular flexibility index (Phi) is 7.14. The van der Waals surface area contributed by atoms with Crippen molar-refractivity contribution >= 4 is 17.2 Å². The molecule has 0 radical (unpaired) electrons. The molecule has 1 aliphatic heterocycles. The molecule has 1 atom stereocenters. The highest BCUT2D eigenvalue weighted by Gasteiger charge is 2.25. The molecule has 1 saturated heterocycles. The molecule has 0 spiro atoms. The Labute approximate surface area is 203 Å². The first-order valence-corrected chi connectivity index (χ1v) is 12.5. The minimum atomic E-state index is -0.104. The average molecular weight is 473 g/mol. The minimum Gasteiger partial charge on any atom is -0.379 e.